The SMILES string of the molecule is CCNC(CCO)CS(=O)CC(C)CC. The fraction of sp³-hybridized carbons (Fsp3) is 1.00. The van der Waals surface area contributed by atoms with Crippen molar-refractivity contribution in [2.45, 2.75) is 39.7 Å². The van der Waals surface area contributed by atoms with Gasteiger partial charge in [-0.05, 0) is 18.9 Å². The molecule has 3 nitrogen and oxygen atoms in total. The van der Waals surface area contributed by atoms with Gasteiger partial charge in [-0.3, -0.25) is 4.21 Å². The van der Waals surface area contributed by atoms with Crippen LogP contribution < -0.4 is 5.32 Å². The molecule has 0 aliphatic heterocycles. The Morgan fingerprint density at radius 1 is 1.33 bits per heavy atom. The van der Waals surface area contributed by atoms with E-state index in [2.05, 4.69) is 19.2 Å². The highest BCUT2D eigenvalue weighted by Gasteiger charge is 2.12. The lowest BCUT2D eigenvalue weighted by atomic mass is 10.2. The van der Waals surface area contributed by atoms with Crippen molar-refractivity contribution in [2.75, 3.05) is 24.7 Å². The first-order valence-corrected chi connectivity index (χ1v) is 7.32. The van der Waals surface area contributed by atoms with E-state index in [4.69, 9.17) is 5.11 Å². The highest BCUT2D eigenvalue weighted by Crippen LogP contribution is 2.05. The van der Waals surface area contributed by atoms with Crippen molar-refractivity contribution in [1.29, 1.82) is 0 Å². The Morgan fingerprint density at radius 2 is 2.00 bits per heavy atom. The summed E-state index contributed by atoms with van der Waals surface area (Å²) < 4.78 is 11.8. The Morgan fingerprint density at radius 3 is 2.47 bits per heavy atom. The van der Waals surface area contributed by atoms with Gasteiger partial charge in [-0.2, -0.15) is 0 Å². The number of aliphatic hydroxyl groups is 1. The van der Waals surface area contributed by atoms with E-state index in [0.717, 1.165) is 18.7 Å². The average molecular weight is 235 g/mol. The summed E-state index contributed by atoms with van der Waals surface area (Å²) in [6, 6.07) is 0.199. The Hall–Kier alpha value is 0.0700. The molecule has 0 aromatic rings. The minimum absolute atomic E-state index is 0.165. The summed E-state index contributed by atoms with van der Waals surface area (Å²) >= 11 is 0. The van der Waals surface area contributed by atoms with Gasteiger partial charge >= 0.3 is 0 Å². The summed E-state index contributed by atoms with van der Waals surface area (Å²) in [7, 11) is -0.757. The van der Waals surface area contributed by atoms with Crippen LogP contribution in [0.3, 0.4) is 0 Å². The molecular weight excluding hydrogens is 210 g/mol. The zero-order valence-corrected chi connectivity index (χ0v) is 11.0. The first-order valence-electron chi connectivity index (χ1n) is 5.83. The Balaban J connectivity index is 3.87. The monoisotopic (exact) mass is 235 g/mol. The smallest absolute Gasteiger partial charge is 0.0446 e. The van der Waals surface area contributed by atoms with E-state index in [0.29, 0.717) is 18.1 Å². The first-order chi connectivity index (χ1) is 7.13. The quantitative estimate of drug-likeness (QED) is 0.630. The van der Waals surface area contributed by atoms with Gasteiger partial charge in [0.2, 0.25) is 0 Å². The van der Waals surface area contributed by atoms with Gasteiger partial charge in [-0.25, -0.2) is 0 Å². The van der Waals surface area contributed by atoms with Crippen LogP contribution in [0.4, 0.5) is 0 Å². The van der Waals surface area contributed by atoms with E-state index in [-0.39, 0.29) is 12.6 Å². The molecule has 0 rings (SSSR count). The molecule has 0 radical (unpaired) electrons. The van der Waals surface area contributed by atoms with Crippen LogP contribution in [0.15, 0.2) is 0 Å². The largest absolute Gasteiger partial charge is 0.396 e. The summed E-state index contributed by atoms with van der Waals surface area (Å²) in [6.07, 6.45) is 1.78. The van der Waals surface area contributed by atoms with Gasteiger partial charge in [0.25, 0.3) is 0 Å². The topological polar surface area (TPSA) is 49.3 Å². The lowest BCUT2D eigenvalue weighted by Crippen LogP contribution is -2.35. The summed E-state index contributed by atoms with van der Waals surface area (Å²) in [5.74, 6) is 1.98. The van der Waals surface area contributed by atoms with Crippen LogP contribution in [0.5, 0.6) is 0 Å². The third-order valence-corrected chi connectivity index (χ3v) is 4.24. The molecule has 0 heterocycles. The lowest BCUT2D eigenvalue weighted by molar-refractivity contribution is 0.270. The van der Waals surface area contributed by atoms with Crippen molar-refractivity contribution < 1.29 is 9.32 Å². The van der Waals surface area contributed by atoms with Gasteiger partial charge in [0.05, 0.1) is 0 Å². The number of hydrogen-bond donors (Lipinski definition) is 2. The maximum Gasteiger partial charge on any atom is 0.0446 e. The molecule has 4 heteroatoms. The average Bonchev–Trinajstić information content (AvgIpc) is 2.18. The van der Waals surface area contributed by atoms with Crippen LogP contribution in [-0.4, -0.2) is 40.0 Å². The van der Waals surface area contributed by atoms with Crippen molar-refractivity contribution in [2.24, 2.45) is 5.92 Å². The number of rotatable bonds is 9. The van der Waals surface area contributed by atoms with Crippen LogP contribution in [-0.2, 0) is 10.8 Å². The maximum atomic E-state index is 11.8. The molecule has 0 bridgehead atoms. The van der Waals surface area contributed by atoms with Gasteiger partial charge in [0.1, 0.15) is 0 Å². The second-order valence-electron chi connectivity index (χ2n) is 4.05. The van der Waals surface area contributed by atoms with Crippen molar-refractivity contribution in [3.63, 3.8) is 0 Å². The Labute approximate surface area is 96.1 Å². The predicted octanol–water partition coefficient (Wildman–Crippen LogP) is 1.14. The van der Waals surface area contributed by atoms with Crippen molar-refractivity contribution >= 4 is 10.8 Å². The first kappa shape index (κ1) is 15.1. The lowest BCUT2D eigenvalue weighted by Gasteiger charge is -2.17. The highest BCUT2D eigenvalue weighted by atomic mass is 32.2. The molecule has 3 atom stereocenters. The normalized spacial score (nSPS) is 17.3. The summed E-state index contributed by atoms with van der Waals surface area (Å²) in [4.78, 5) is 0. The second kappa shape index (κ2) is 9.31. The molecule has 0 spiro atoms. The third-order valence-electron chi connectivity index (χ3n) is 2.52. The molecule has 0 aromatic carbocycles. The molecule has 0 amide bonds. The molecule has 0 saturated heterocycles. The number of aliphatic hydroxyl groups excluding tert-OH is 1. The van der Waals surface area contributed by atoms with E-state index in [1.54, 1.807) is 0 Å². The van der Waals surface area contributed by atoms with Crippen molar-refractivity contribution in [1.82, 2.24) is 5.32 Å². The Kier molecular flexibility index (Phi) is 9.35. The molecule has 3 unspecified atom stereocenters. The minimum Gasteiger partial charge on any atom is -0.396 e. The fourth-order valence-corrected chi connectivity index (χ4v) is 3.16. The third kappa shape index (κ3) is 7.94. The van der Waals surface area contributed by atoms with Crippen molar-refractivity contribution in [3.05, 3.63) is 0 Å². The predicted molar refractivity (Wildman–Crippen MR) is 66.5 cm³/mol. The van der Waals surface area contributed by atoms with Gasteiger partial charge < -0.3 is 10.4 Å². The molecule has 92 valence electrons. The van der Waals surface area contributed by atoms with Gasteiger partial charge in [-0.15, -0.1) is 0 Å². The second-order valence-corrected chi connectivity index (χ2v) is 5.60. The molecule has 0 aliphatic carbocycles. The van der Waals surface area contributed by atoms with Crippen LogP contribution in [0.1, 0.15) is 33.6 Å². The molecule has 15 heavy (non-hydrogen) atoms. The molecule has 0 aromatic heterocycles. The van der Waals surface area contributed by atoms with Gasteiger partial charge in [0.15, 0.2) is 0 Å². The molecule has 0 saturated carbocycles. The van der Waals surface area contributed by atoms with Gasteiger partial charge in [-0.1, -0.05) is 27.2 Å². The maximum absolute atomic E-state index is 11.8. The minimum atomic E-state index is -0.757. The van der Waals surface area contributed by atoms with Crippen LogP contribution >= 0.6 is 0 Å². The Bertz CT molecular complexity index is 170. The summed E-state index contributed by atoms with van der Waals surface area (Å²) in [5.41, 5.74) is 0. The van der Waals surface area contributed by atoms with Crippen LogP contribution in [0.25, 0.3) is 0 Å². The van der Waals surface area contributed by atoms with Crippen LogP contribution in [0.2, 0.25) is 0 Å². The fourth-order valence-electron chi connectivity index (χ4n) is 1.42. The van der Waals surface area contributed by atoms with E-state index < -0.39 is 10.8 Å². The zero-order chi connectivity index (χ0) is 11.7. The highest BCUT2D eigenvalue weighted by molar-refractivity contribution is 7.85. The van der Waals surface area contributed by atoms with Crippen LogP contribution in [0, 0.1) is 5.92 Å². The molecular formula is C11H25NO2S. The van der Waals surface area contributed by atoms with Crippen molar-refractivity contribution in [3.8, 4) is 0 Å². The van der Waals surface area contributed by atoms with E-state index >= 15 is 0 Å². The van der Waals surface area contributed by atoms with Gasteiger partial charge in [0, 0.05) is 35.0 Å². The number of hydrogen-bond acceptors (Lipinski definition) is 3. The summed E-state index contributed by atoms with van der Waals surface area (Å²) in [6.45, 7) is 7.31. The number of nitrogens with one attached hydrogen (secondary N) is 1. The molecule has 0 fully saturated rings. The van der Waals surface area contributed by atoms with E-state index in [1.807, 2.05) is 6.92 Å². The molecule has 2 N–H and O–H groups in total. The molecule has 0 aliphatic rings. The van der Waals surface area contributed by atoms with E-state index in [9.17, 15) is 4.21 Å². The standard InChI is InChI=1S/C11H25NO2S/c1-4-10(3)8-15(14)9-11(6-7-13)12-5-2/h10-13H,4-9H2,1-3H3. The summed E-state index contributed by atoms with van der Waals surface area (Å²) in [5, 5.41) is 12.1. The van der Waals surface area contributed by atoms with E-state index in [1.165, 1.54) is 0 Å². The zero-order valence-electron chi connectivity index (χ0n) is 10.2.